The van der Waals surface area contributed by atoms with Crippen molar-refractivity contribution in [3.63, 3.8) is 0 Å². The maximum atomic E-state index is 11.8. The highest BCUT2D eigenvalue weighted by Gasteiger charge is 2.12. The van der Waals surface area contributed by atoms with Crippen LogP contribution < -0.4 is 0 Å². The molecule has 0 aliphatic carbocycles. The number of carbonyl (C=O) groups is 1. The van der Waals surface area contributed by atoms with Gasteiger partial charge in [-0.3, -0.25) is 4.79 Å². The molecule has 0 radical (unpaired) electrons. The van der Waals surface area contributed by atoms with Crippen LogP contribution >= 0.6 is 0 Å². The molecule has 2 rings (SSSR count). The molecule has 80 valence electrons. The fourth-order valence-electron chi connectivity index (χ4n) is 1.49. The van der Waals surface area contributed by atoms with E-state index < -0.39 is 0 Å². The fourth-order valence-corrected chi connectivity index (χ4v) is 1.49. The third-order valence-electron chi connectivity index (χ3n) is 2.29. The lowest BCUT2D eigenvalue weighted by atomic mass is 10.2. The monoisotopic (exact) mass is 213 g/mol. The van der Waals surface area contributed by atoms with E-state index in [1.807, 2.05) is 37.3 Å². The lowest BCUT2D eigenvalue weighted by Gasteiger charge is -1.99. The van der Waals surface area contributed by atoms with Gasteiger partial charge in [-0.1, -0.05) is 29.0 Å². The van der Waals surface area contributed by atoms with E-state index in [9.17, 15) is 4.79 Å². The predicted molar refractivity (Wildman–Crippen MR) is 61.2 cm³/mol. The van der Waals surface area contributed by atoms with Crippen molar-refractivity contribution < 1.29 is 9.49 Å². The fraction of sp³-hybridized carbons (Fsp3) is 0.154. The molecule has 1 heterocycles. The molecular weight excluding hydrogens is 200 g/mol. The van der Waals surface area contributed by atoms with E-state index >= 15 is 0 Å². The molecule has 0 spiro atoms. The summed E-state index contributed by atoms with van der Waals surface area (Å²) in [6.45, 7) is 2.69. The van der Waals surface area contributed by atoms with Crippen molar-refractivity contribution >= 4 is 5.91 Å². The maximum Gasteiger partial charge on any atom is 0.339 e. The Morgan fingerprint density at radius 3 is 2.75 bits per heavy atom. The molecule has 0 atom stereocenters. The molecule has 0 unspecified atom stereocenters. The quantitative estimate of drug-likeness (QED) is 0.660. The third-order valence-corrected chi connectivity index (χ3v) is 2.29. The molecule has 1 aliphatic heterocycles. The molecule has 1 aliphatic rings. The average Bonchev–Trinajstić information content (AvgIpc) is 2.30. The molecular formula is C13H13N2O+. The van der Waals surface area contributed by atoms with E-state index in [-0.39, 0.29) is 5.91 Å². The van der Waals surface area contributed by atoms with Crippen LogP contribution in [0.2, 0.25) is 0 Å². The van der Waals surface area contributed by atoms with Crippen molar-refractivity contribution in [2.24, 2.45) is 5.11 Å². The Morgan fingerprint density at radius 1 is 1.31 bits per heavy atom. The summed E-state index contributed by atoms with van der Waals surface area (Å²) in [6.07, 6.45) is 5.70. The van der Waals surface area contributed by atoms with Crippen LogP contribution in [0.3, 0.4) is 0 Å². The van der Waals surface area contributed by atoms with Gasteiger partial charge in [0, 0.05) is 16.8 Å². The summed E-state index contributed by atoms with van der Waals surface area (Å²) >= 11 is 0. The van der Waals surface area contributed by atoms with Crippen molar-refractivity contribution in [2.75, 3.05) is 6.54 Å². The second-order valence-electron chi connectivity index (χ2n) is 3.72. The predicted octanol–water partition coefficient (Wildman–Crippen LogP) is 2.77. The smallest absolute Gasteiger partial charge is 0.260 e. The van der Waals surface area contributed by atoms with Gasteiger partial charge in [0.1, 0.15) is 0 Å². The first kappa shape index (κ1) is 10.5. The zero-order valence-corrected chi connectivity index (χ0v) is 9.13. The van der Waals surface area contributed by atoms with Gasteiger partial charge < -0.3 is 0 Å². The highest BCUT2D eigenvalue weighted by molar-refractivity contribution is 5.94. The Labute approximate surface area is 94.4 Å². The van der Waals surface area contributed by atoms with Gasteiger partial charge >= 0.3 is 5.91 Å². The molecule has 0 saturated heterocycles. The molecule has 3 heteroatoms. The van der Waals surface area contributed by atoms with Gasteiger partial charge in [0.05, 0.1) is 0 Å². The number of hydrogen-bond donors (Lipinski definition) is 0. The highest BCUT2D eigenvalue weighted by atomic mass is 16.1. The normalized spacial score (nSPS) is 17.3. The molecule has 0 aromatic heterocycles. The van der Waals surface area contributed by atoms with Gasteiger partial charge in [-0.25, -0.2) is 0 Å². The minimum Gasteiger partial charge on any atom is -0.260 e. The van der Waals surface area contributed by atoms with Crippen LogP contribution in [0.25, 0.3) is 0 Å². The lowest BCUT2D eigenvalue weighted by Crippen LogP contribution is -2.11. The Hall–Kier alpha value is -2.03. The number of azo groups is 2. The minimum atomic E-state index is -0.208. The summed E-state index contributed by atoms with van der Waals surface area (Å²) in [6, 6.07) is 9.08. The first-order valence-electron chi connectivity index (χ1n) is 5.17. The van der Waals surface area contributed by atoms with E-state index in [4.69, 9.17) is 0 Å². The highest BCUT2D eigenvalue weighted by Crippen LogP contribution is 2.05. The van der Waals surface area contributed by atoms with E-state index in [0.29, 0.717) is 12.1 Å². The molecule has 1 amide bonds. The summed E-state index contributed by atoms with van der Waals surface area (Å²) in [4.78, 5) is 11.8. The van der Waals surface area contributed by atoms with Crippen LogP contribution in [0.1, 0.15) is 17.3 Å². The van der Waals surface area contributed by atoms with E-state index in [1.54, 1.807) is 23.0 Å². The van der Waals surface area contributed by atoms with Crippen molar-refractivity contribution in [1.82, 2.24) is 0 Å². The third kappa shape index (κ3) is 2.51. The van der Waals surface area contributed by atoms with E-state index in [2.05, 4.69) is 5.11 Å². The molecule has 0 saturated carbocycles. The molecule has 1 aromatic rings. The number of carbonyl (C=O) groups excluding carboxylic acids is 1. The summed E-state index contributed by atoms with van der Waals surface area (Å²) in [5, 5.41) is 4.02. The van der Waals surface area contributed by atoms with Gasteiger partial charge in [-0.2, -0.15) is 0 Å². The van der Waals surface area contributed by atoms with Crippen LogP contribution in [0.5, 0.6) is 0 Å². The summed E-state index contributed by atoms with van der Waals surface area (Å²) < 4.78 is 1.66. The van der Waals surface area contributed by atoms with Crippen LogP contribution in [0.15, 0.2) is 59.4 Å². The second kappa shape index (κ2) is 4.66. The minimum absolute atomic E-state index is 0.208. The number of allylic oxidation sites excluding steroid dienone is 2. The molecule has 3 nitrogen and oxygen atoms in total. The van der Waals surface area contributed by atoms with E-state index in [0.717, 1.165) is 0 Å². The average molecular weight is 213 g/mol. The number of amides is 1. The Balaban J connectivity index is 2.17. The summed E-state index contributed by atoms with van der Waals surface area (Å²) in [5.74, 6) is -0.208. The first-order chi connectivity index (χ1) is 7.75. The zero-order valence-electron chi connectivity index (χ0n) is 9.13. The van der Waals surface area contributed by atoms with Gasteiger partial charge in [-0.15, -0.1) is 0 Å². The van der Waals surface area contributed by atoms with Gasteiger partial charge in [0.15, 0.2) is 12.7 Å². The Kier molecular flexibility index (Phi) is 3.05. The molecule has 16 heavy (non-hydrogen) atoms. The van der Waals surface area contributed by atoms with Gasteiger partial charge in [0.2, 0.25) is 0 Å². The van der Waals surface area contributed by atoms with Gasteiger partial charge in [0.25, 0.3) is 0 Å². The largest absolute Gasteiger partial charge is 0.339 e. The summed E-state index contributed by atoms with van der Waals surface area (Å²) in [5.41, 5.74) is 1.80. The van der Waals surface area contributed by atoms with Crippen LogP contribution in [0, 0.1) is 0 Å². The topological polar surface area (TPSA) is 32.4 Å². The maximum absolute atomic E-state index is 11.8. The van der Waals surface area contributed by atoms with Crippen molar-refractivity contribution in [1.29, 1.82) is 0 Å². The first-order valence-corrected chi connectivity index (χ1v) is 5.17. The standard InChI is InChI=1S/C13H13N2O/c1-11-6-5-9-15(10-11)14-13(16)12-7-3-2-4-8-12/h2-9H,10H2,1H3/q+1. The van der Waals surface area contributed by atoms with Crippen LogP contribution in [0.4, 0.5) is 0 Å². The van der Waals surface area contributed by atoms with Crippen molar-refractivity contribution in [3.8, 4) is 0 Å². The van der Waals surface area contributed by atoms with Gasteiger partial charge in [-0.05, 0) is 24.6 Å². The van der Waals surface area contributed by atoms with Crippen molar-refractivity contribution in [3.05, 3.63) is 59.8 Å². The molecule has 0 N–H and O–H groups in total. The summed E-state index contributed by atoms with van der Waals surface area (Å²) in [7, 11) is 0. The number of benzene rings is 1. The van der Waals surface area contributed by atoms with Crippen molar-refractivity contribution in [2.45, 2.75) is 6.92 Å². The van der Waals surface area contributed by atoms with Crippen LogP contribution in [-0.2, 0) is 0 Å². The van der Waals surface area contributed by atoms with E-state index in [1.165, 1.54) is 5.57 Å². The Morgan fingerprint density at radius 2 is 2.06 bits per heavy atom. The number of hydrogen-bond acceptors (Lipinski definition) is 1. The zero-order chi connectivity index (χ0) is 11.4. The molecule has 0 bridgehead atoms. The SMILES string of the molecule is CC1=CC=C[N+](=NC(=O)c2ccccc2)C1. The molecule has 0 fully saturated rings. The Bertz CT molecular complexity index is 484. The van der Waals surface area contributed by atoms with Crippen LogP contribution in [-0.4, -0.2) is 17.1 Å². The number of nitrogens with zero attached hydrogens (tertiary/aromatic N) is 2. The lowest BCUT2D eigenvalue weighted by molar-refractivity contribution is -0.515. The molecule has 1 aromatic carbocycles. The second-order valence-corrected chi connectivity index (χ2v) is 3.72. The number of rotatable bonds is 1.